The van der Waals surface area contributed by atoms with Crippen molar-refractivity contribution in [3.05, 3.63) is 40.9 Å². The fourth-order valence-corrected chi connectivity index (χ4v) is 2.99. The fraction of sp³-hybridized carbons (Fsp3) is 0.438. The molecule has 3 rings (SSSR count). The molecule has 2 unspecified atom stereocenters. The molecule has 7 heteroatoms. The number of para-hydroxylation sites is 1. The molecule has 2 heterocycles. The molecule has 124 valence electrons. The van der Waals surface area contributed by atoms with Gasteiger partial charge in [0, 0.05) is 25.2 Å². The van der Waals surface area contributed by atoms with Crippen LogP contribution < -0.4 is 10.9 Å². The van der Waals surface area contributed by atoms with Crippen molar-refractivity contribution >= 4 is 29.2 Å². The Kier molecular flexibility index (Phi) is 5.38. The number of halogens is 1. The molecule has 1 aromatic heterocycles. The largest absolute Gasteiger partial charge is 0.338 e. The molecule has 0 saturated carbocycles. The molecule has 1 fully saturated rings. The number of carbonyl (C=O) groups excluding carboxylic acids is 1. The lowest BCUT2D eigenvalue weighted by Crippen LogP contribution is -2.56. The van der Waals surface area contributed by atoms with Crippen LogP contribution in [0, 0.1) is 0 Å². The van der Waals surface area contributed by atoms with Crippen molar-refractivity contribution in [2.45, 2.75) is 32.5 Å². The maximum Gasteiger partial charge on any atom is 0.261 e. The van der Waals surface area contributed by atoms with Gasteiger partial charge in [-0.1, -0.05) is 12.1 Å². The van der Waals surface area contributed by atoms with Gasteiger partial charge < -0.3 is 10.2 Å². The van der Waals surface area contributed by atoms with E-state index in [9.17, 15) is 9.59 Å². The number of rotatable bonds is 2. The average Bonchev–Trinajstić information content (AvgIpc) is 2.49. The highest BCUT2D eigenvalue weighted by atomic mass is 35.5. The Morgan fingerprint density at radius 3 is 2.61 bits per heavy atom. The lowest BCUT2D eigenvalue weighted by molar-refractivity contribution is -0.133. The van der Waals surface area contributed by atoms with Crippen molar-refractivity contribution in [1.82, 2.24) is 19.8 Å². The minimum atomic E-state index is -0.171. The summed E-state index contributed by atoms with van der Waals surface area (Å²) in [6.07, 6.45) is 1.46. The van der Waals surface area contributed by atoms with Crippen molar-refractivity contribution in [3.8, 4) is 0 Å². The number of benzene rings is 1. The third-order valence-corrected chi connectivity index (χ3v) is 3.95. The average molecular weight is 337 g/mol. The second-order valence-corrected chi connectivity index (χ2v) is 5.96. The normalized spacial score (nSPS) is 21.0. The van der Waals surface area contributed by atoms with Crippen molar-refractivity contribution in [2.24, 2.45) is 0 Å². The van der Waals surface area contributed by atoms with Crippen LogP contribution in [0.25, 0.3) is 10.9 Å². The summed E-state index contributed by atoms with van der Waals surface area (Å²) < 4.78 is 1.39. The molecule has 1 saturated heterocycles. The molecule has 0 radical (unpaired) electrons. The summed E-state index contributed by atoms with van der Waals surface area (Å²) in [6, 6.07) is 7.70. The molecule has 23 heavy (non-hydrogen) atoms. The van der Waals surface area contributed by atoms with E-state index in [-0.39, 0.29) is 42.5 Å². The second-order valence-electron chi connectivity index (χ2n) is 5.96. The van der Waals surface area contributed by atoms with Crippen LogP contribution in [-0.2, 0) is 11.3 Å². The minimum absolute atomic E-state index is 0. The molecule has 1 aliphatic heterocycles. The molecule has 6 nitrogen and oxygen atoms in total. The number of nitrogens with one attached hydrogen (secondary N) is 1. The highest BCUT2D eigenvalue weighted by molar-refractivity contribution is 5.85. The van der Waals surface area contributed by atoms with E-state index in [1.165, 1.54) is 10.9 Å². The Balaban J connectivity index is 0.00000192. The van der Waals surface area contributed by atoms with Crippen LogP contribution in [-0.4, -0.2) is 45.5 Å². The van der Waals surface area contributed by atoms with Crippen LogP contribution in [0.1, 0.15) is 13.8 Å². The first-order valence-electron chi connectivity index (χ1n) is 7.52. The molecule has 0 bridgehead atoms. The Hall–Kier alpha value is -1.92. The molecule has 1 amide bonds. The molecule has 1 aliphatic rings. The predicted octanol–water partition coefficient (Wildman–Crippen LogP) is 1.03. The predicted molar refractivity (Wildman–Crippen MR) is 91.9 cm³/mol. The minimum Gasteiger partial charge on any atom is -0.338 e. The topological polar surface area (TPSA) is 67.2 Å². The van der Waals surface area contributed by atoms with E-state index in [2.05, 4.69) is 24.1 Å². The number of carbonyl (C=O) groups is 1. The maximum atomic E-state index is 12.5. The third kappa shape index (κ3) is 3.71. The van der Waals surface area contributed by atoms with E-state index < -0.39 is 0 Å². The maximum absolute atomic E-state index is 12.5. The van der Waals surface area contributed by atoms with Crippen molar-refractivity contribution in [1.29, 1.82) is 0 Å². The van der Waals surface area contributed by atoms with Crippen LogP contribution in [0.5, 0.6) is 0 Å². The van der Waals surface area contributed by atoms with Crippen LogP contribution in [0.3, 0.4) is 0 Å². The van der Waals surface area contributed by atoms with E-state index in [0.29, 0.717) is 24.0 Å². The first kappa shape index (κ1) is 17.4. The van der Waals surface area contributed by atoms with Gasteiger partial charge in [-0.2, -0.15) is 0 Å². The summed E-state index contributed by atoms with van der Waals surface area (Å²) >= 11 is 0. The number of hydrogen-bond donors (Lipinski definition) is 1. The zero-order valence-electron chi connectivity index (χ0n) is 13.2. The Labute approximate surface area is 140 Å². The van der Waals surface area contributed by atoms with Gasteiger partial charge in [0.05, 0.1) is 17.2 Å². The standard InChI is InChI=1S/C16H20N4O2.ClH/c1-11-7-19(8-12(2)18-11)15(21)9-20-10-17-14-6-4-3-5-13(14)16(20)22;/h3-6,10-12,18H,7-9H2,1-2H3;1H. The van der Waals surface area contributed by atoms with E-state index in [4.69, 9.17) is 0 Å². The summed E-state index contributed by atoms with van der Waals surface area (Å²) in [5, 5.41) is 3.93. The van der Waals surface area contributed by atoms with Crippen LogP contribution in [0.2, 0.25) is 0 Å². The fourth-order valence-electron chi connectivity index (χ4n) is 2.99. The SMILES string of the molecule is CC1CN(C(=O)Cn2cnc3ccccc3c2=O)CC(C)N1.Cl. The number of hydrogen-bond acceptors (Lipinski definition) is 4. The molecule has 2 aromatic rings. The van der Waals surface area contributed by atoms with Gasteiger partial charge >= 0.3 is 0 Å². The summed E-state index contributed by atoms with van der Waals surface area (Å²) in [4.78, 5) is 30.9. The Morgan fingerprint density at radius 2 is 1.91 bits per heavy atom. The summed E-state index contributed by atoms with van der Waals surface area (Å²) in [5.74, 6) is -0.0422. The van der Waals surface area contributed by atoms with Gasteiger partial charge in [-0.15, -0.1) is 12.4 Å². The van der Waals surface area contributed by atoms with Crippen molar-refractivity contribution in [2.75, 3.05) is 13.1 Å². The first-order chi connectivity index (χ1) is 10.5. The number of nitrogens with zero attached hydrogens (tertiary/aromatic N) is 3. The Morgan fingerprint density at radius 1 is 1.26 bits per heavy atom. The first-order valence-corrected chi connectivity index (χ1v) is 7.52. The molecule has 0 aliphatic carbocycles. The van der Waals surface area contributed by atoms with Crippen LogP contribution >= 0.6 is 12.4 Å². The smallest absolute Gasteiger partial charge is 0.261 e. The van der Waals surface area contributed by atoms with Crippen molar-refractivity contribution in [3.63, 3.8) is 0 Å². The van der Waals surface area contributed by atoms with Crippen LogP contribution in [0.4, 0.5) is 0 Å². The van der Waals surface area contributed by atoms with E-state index >= 15 is 0 Å². The van der Waals surface area contributed by atoms with Gasteiger partial charge in [-0.25, -0.2) is 4.98 Å². The molecule has 1 N–H and O–H groups in total. The van der Waals surface area contributed by atoms with E-state index in [0.717, 1.165) is 0 Å². The lowest BCUT2D eigenvalue weighted by Gasteiger charge is -2.36. The van der Waals surface area contributed by atoms with Crippen LogP contribution in [0.15, 0.2) is 35.4 Å². The van der Waals surface area contributed by atoms with Crippen molar-refractivity contribution < 1.29 is 4.79 Å². The van der Waals surface area contributed by atoms with Gasteiger partial charge in [0.15, 0.2) is 0 Å². The number of piperazine rings is 1. The van der Waals surface area contributed by atoms with E-state index in [1.807, 2.05) is 11.0 Å². The molecule has 0 spiro atoms. The number of fused-ring (bicyclic) bond motifs is 1. The highest BCUT2D eigenvalue weighted by Gasteiger charge is 2.25. The number of aromatic nitrogens is 2. The third-order valence-electron chi connectivity index (χ3n) is 3.95. The quantitative estimate of drug-likeness (QED) is 0.889. The highest BCUT2D eigenvalue weighted by Crippen LogP contribution is 2.07. The second kappa shape index (κ2) is 7.10. The van der Waals surface area contributed by atoms with Gasteiger partial charge in [0.25, 0.3) is 5.56 Å². The summed E-state index contributed by atoms with van der Waals surface area (Å²) in [5.41, 5.74) is 0.482. The van der Waals surface area contributed by atoms with Gasteiger partial charge in [0.2, 0.25) is 5.91 Å². The lowest BCUT2D eigenvalue weighted by atomic mass is 10.1. The zero-order valence-corrected chi connectivity index (χ0v) is 14.0. The number of amides is 1. The van der Waals surface area contributed by atoms with Gasteiger partial charge in [-0.3, -0.25) is 14.2 Å². The monoisotopic (exact) mass is 336 g/mol. The van der Waals surface area contributed by atoms with Gasteiger partial charge in [-0.05, 0) is 26.0 Å². The molecular weight excluding hydrogens is 316 g/mol. The molecular formula is C16H21ClN4O2. The summed E-state index contributed by atoms with van der Waals surface area (Å²) in [6.45, 7) is 5.48. The van der Waals surface area contributed by atoms with E-state index in [1.54, 1.807) is 18.2 Å². The zero-order chi connectivity index (χ0) is 15.7. The Bertz CT molecular complexity index is 751. The molecule has 1 aromatic carbocycles. The molecule has 2 atom stereocenters. The summed E-state index contributed by atoms with van der Waals surface area (Å²) in [7, 11) is 0. The van der Waals surface area contributed by atoms with Gasteiger partial charge in [0.1, 0.15) is 6.54 Å².